The van der Waals surface area contributed by atoms with Gasteiger partial charge in [0.1, 0.15) is 11.5 Å². The van der Waals surface area contributed by atoms with Gasteiger partial charge < -0.3 is 19.9 Å². The topological polar surface area (TPSA) is 84.9 Å². The third-order valence-electron chi connectivity index (χ3n) is 10.9. The Bertz CT molecular complexity index is 1180. The van der Waals surface area contributed by atoms with E-state index in [1.165, 1.54) is 5.57 Å². The van der Waals surface area contributed by atoms with Gasteiger partial charge in [0.2, 0.25) is 5.91 Å². The highest BCUT2D eigenvalue weighted by Gasteiger charge is 2.59. The first-order valence-corrected chi connectivity index (χ1v) is 14.1. The number of hydrogen-bond donors (Lipinski definition) is 2. The van der Waals surface area contributed by atoms with Crippen molar-refractivity contribution >= 4 is 11.9 Å². The van der Waals surface area contributed by atoms with E-state index in [4.69, 9.17) is 9.47 Å². The summed E-state index contributed by atoms with van der Waals surface area (Å²) in [5.74, 6) is 2.37. The number of ether oxygens (including phenoxy) is 2. The minimum absolute atomic E-state index is 0.0109. The van der Waals surface area contributed by atoms with Crippen LogP contribution in [0.3, 0.4) is 0 Å². The van der Waals surface area contributed by atoms with Gasteiger partial charge >= 0.3 is 5.97 Å². The molecule has 6 heteroatoms. The summed E-state index contributed by atoms with van der Waals surface area (Å²) in [4.78, 5) is 25.5. The predicted octanol–water partition coefficient (Wildman–Crippen LogP) is 6.26. The van der Waals surface area contributed by atoms with Gasteiger partial charge in [0, 0.05) is 17.6 Å². The average molecular weight is 522 g/mol. The standard InChI is InChI=1S/C32H43NO5/c1-30(2,21-16-22(37-5)18-23(17-21)38-6)33-28(34)27-10-9-25-24-8-7-20-15-19(29(35)36)11-13-31(20,3)26(24)12-14-32(25,27)4/h7,15-18,24-27H,8-14H2,1-6H3,(H,33,34)(H,35,36)/t24-,25-,26-,27+,31-,32-/m0/s1. The number of hydrogen-bond acceptors (Lipinski definition) is 4. The van der Waals surface area contributed by atoms with Gasteiger partial charge in [-0.25, -0.2) is 4.79 Å². The van der Waals surface area contributed by atoms with E-state index >= 15 is 0 Å². The van der Waals surface area contributed by atoms with Crippen molar-refractivity contribution in [2.75, 3.05) is 14.2 Å². The Morgan fingerprint density at radius 1 is 1.00 bits per heavy atom. The van der Waals surface area contributed by atoms with E-state index in [9.17, 15) is 14.7 Å². The number of methoxy groups -OCH3 is 2. The molecule has 4 aliphatic carbocycles. The zero-order chi connectivity index (χ0) is 27.5. The summed E-state index contributed by atoms with van der Waals surface area (Å²) in [5.41, 5.74) is 2.17. The Morgan fingerprint density at radius 3 is 2.32 bits per heavy atom. The normalized spacial score (nSPS) is 34.2. The van der Waals surface area contributed by atoms with Crippen molar-refractivity contribution in [2.45, 2.75) is 78.2 Å². The second-order valence-corrected chi connectivity index (χ2v) is 13.1. The van der Waals surface area contributed by atoms with Crippen molar-refractivity contribution in [1.82, 2.24) is 5.32 Å². The summed E-state index contributed by atoms with van der Waals surface area (Å²) in [7, 11) is 3.27. The minimum Gasteiger partial charge on any atom is -0.497 e. The Hall–Kier alpha value is -2.76. The molecule has 2 fully saturated rings. The van der Waals surface area contributed by atoms with Crippen molar-refractivity contribution in [3.05, 3.63) is 47.1 Å². The van der Waals surface area contributed by atoms with Crippen molar-refractivity contribution in [3.63, 3.8) is 0 Å². The van der Waals surface area contributed by atoms with Crippen molar-refractivity contribution in [3.8, 4) is 11.5 Å². The number of benzene rings is 1. The second kappa shape index (κ2) is 9.46. The number of amides is 1. The van der Waals surface area contributed by atoms with Crippen molar-refractivity contribution < 1.29 is 24.2 Å². The summed E-state index contributed by atoms with van der Waals surface area (Å²) in [6.45, 7) is 8.80. The molecule has 0 radical (unpaired) electrons. The largest absolute Gasteiger partial charge is 0.497 e. The number of rotatable bonds is 6. The molecule has 1 aromatic carbocycles. The zero-order valence-corrected chi connectivity index (χ0v) is 23.7. The molecule has 2 N–H and O–H groups in total. The Kier molecular flexibility index (Phi) is 6.68. The maximum atomic E-state index is 13.9. The maximum absolute atomic E-state index is 13.9. The first kappa shape index (κ1) is 26.8. The zero-order valence-electron chi connectivity index (χ0n) is 23.7. The molecule has 206 valence electrons. The number of fused-ring (bicyclic) bond motifs is 5. The number of aliphatic carboxylic acids is 1. The number of carboxylic acid groups (broad SMARTS) is 1. The molecule has 4 aliphatic rings. The molecule has 0 spiro atoms. The van der Waals surface area contributed by atoms with Crippen LogP contribution in [0.1, 0.15) is 78.2 Å². The van der Waals surface area contributed by atoms with Crippen LogP contribution in [0.4, 0.5) is 0 Å². The van der Waals surface area contributed by atoms with Crippen LogP contribution in [-0.4, -0.2) is 31.2 Å². The molecule has 1 amide bonds. The van der Waals surface area contributed by atoms with E-state index in [-0.39, 0.29) is 22.7 Å². The summed E-state index contributed by atoms with van der Waals surface area (Å²) >= 11 is 0. The van der Waals surface area contributed by atoms with Gasteiger partial charge in [-0.2, -0.15) is 0 Å². The molecular formula is C32H43NO5. The molecule has 6 nitrogen and oxygen atoms in total. The van der Waals surface area contributed by atoms with E-state index in [0.29, 0.717) is 41.2 Å². The van der Waals surface area contributed by atoms with Crippen LogP contribution in [0.25, 0.3) is 0 Å². The summed E-state index contributed by atoms with van der Waals surface area (Å²) in [6.07, 6.45) is 11.0. The van der Waals surface area contributed by atoms with E-state index in [0.717, 1.165) is 44.1 Å². The highest BCUT2D eigenvalue weighted by atomic mass is 16.5. The maximum Gasteiger partial charge on any atom is 0.331 e. The third-order valence-corrected chi connectivity index (χ3v) is 10.9. The number of carbonyl (C=O) groups excluding carboxylic acids is 1. The lowest BCUT2D eigenvalue weighted by molar-refractivity contribution is -0.133. The fourth-order valence-corrected chi connectivity index (χ4v) is 8.56. The highest BCUT2D eigenvalue weighted by Crippen LogP contribution is 2.66. The van der Waals surface area contributed by atoms with Crippen LogP contribution in [0, 0.1) is 34.5 Å². The third kappa shape index (κ3) is 4.24. The van der Waals surface area contributed by atoms with Gasteiger partial charge in [0.25, 0.3) is 0 Å². The lowest BCUT2D eigenvalue weighted by Gasteiger charge is -2.57. The lowest BCUT2D eigenvalue weighted by atomic mass is 9.48. The Labute approximate surface area is 226 Å². The summed E-state index contributed by atoms with van der Waals surface area (Å²) in [6, 6.07) is 5.78. The monoisotopic (exact) mass is 521 g/mol. The minimum atomic E-state index is -0.786. The fourth-order valence-electron chi connectivity index (χ4n) is 8.56. The molecule has 5 rings (SSSR count). The Balaban J connectivity index is 1.36. The molecule has 38 heavy (non-hydrogen) atoms. The number of allylic oxidation sites excluding steroid dienone is 3. The van der Waals surface area contributed by atoms with Crippen LogP contribution in [0.2, 0.25) is 0 Å². The summed E-state index contributed by atoms with van der Waals surface area (Å²) < 4.78 is 10.9. The van der Waals surface area contributed by atoms with Crippen LogP contribution >= 0.6 is 0 Å². The molecule has 0 saturated heterocycles. The molecule has 0 unspecified atom stereocenters. The molecule has 0 aliphatic heterocycles. The van der Waals surface area contributed by atoms with Gasteiger partial charge in [-0.3, -0.25) is 4.79 Å². The van der Waals surface area contributed by atoms with Gasteiger partial charge in [0.15, 0.2) is 0 Å². The molecule has 0 heterocycles. The quantitative estimate of drug-likeness (QED) is 0.462. The highest BCUT2D eigenvalue weighted by molar-refractivity contribution is 5.87. The van der Waals surface area contributed by atoms with Gasteiger partial charge in [0.05, 0.1) is 19.8 Å². The van der Waals surface area contributed by atoms with Crippen LogP contribution in [0.15, 0.2) is 41.5 Å². The number of nitrogens with one attached hydrogen (secondary N) is 1. The molecule has 2 saturated carbocycles. The van der Waals surface area contributed by atoms with Crippen molar-refractivity contribution in [1.29, 1.82) is 0 Å². The first-order valence-electron chi connectivity index (χ1n) is 14.1. The molecule has 0 aromatic heterocycles. The number of carbonyl (C=O) groups is 2. The van der Waals surface area contributed by atoms with Gasteiger partial charge in [-0.05, 0) is 117 Å². The van der Waals surface area contributed by atoms with Crippen LogP contribution in [0.5, 0.6) is 11.5 Å². The SMILES string of the molecule is COc1cc(OC)cc(C(C)(C)NC(=O)[C@H]2CC[C@H]3[C@@H]4CC=C5C=C(C(=O)O)CC[C@]5(C)[C@H]4CC[C@]23C)c1. The van der Waals surface area contributed by atoms with Crippen molar-refractivity contribution in [2.24, 2.45) is 34.5 Å². The van der Waals surface area contributed by atoms with E-state index in [2.05, 4.69) is 25.2 Å². The smallest absolute Gasteiger partial charge is 0.331 e. The average Bonchev–Trinajstić information content (AvgIpc) is 3.24. The molecular weight excluding hydrogens is 478 g/mol. The predicted molar refractivity (Wildman–Crippen MR) is 147 cm³/mol. The summed E-state index contributed by atoms with van der Waals surface area (Å²) in [5, 5.41) is 12.9. The molecule has 0 bridgehead atoms. The second-order valence-electron chi connectivity index (χ2n) is 13.1. The van der Waals surface area contributed by atoms with E-state index < -0.39 is 11.5 Å². The van der Waals surface area contributed by atoms with Crippen LogP contribution < -0.4 is 14.8 Å². The lowest BCUT2D eigenvalue weighted by Crippen LogP contribution is -2.52. The number of carboxylic acids is 1. The fraction of sp³-hybridized carbons (Fsp3) is 0.625. The van der Waals surface area contributed by atoms with E-state index in [1.54, 1.807) is 14.2 Å². The van der Waals surface area contributed by atoms with Gasteiger partial charge in [-0.1, -0.05) is 19.9 Å². The van der Waals surface area contributed by atoms with Gasteiger partial charge in [-0.15, -0.1) is 0 Å². The van der Waals surface area contributed by atoms with Crippen LogP contribution in [-0.2, 0) is 15.1 Å². The first-order chi connectivity index (χ1) is 17.9. The molecule has 6 atom stereocenters. The Morgan fingerprint density at radius 2 is 1.68 bits per heavy atom. The van der Waals surface area contributed by atoms with E-state index in [1.807, 2.05) is 38.1 Å². The molecule has 1 aromatic rings.